The quantitative estimate of drug-likeness (QED) is 0.317. The molecular formula is C10H16BrN5O7. The minimum Gasteiger partial charge on any atom is -0.412 e. The van der Waals surface area contributed by atoms with Gasteiger partial charge in [-0.05, 0) is 15.9 Å². The molecule has 2 unspecified atom stereocenters. The van der Waals surface area contributed by atoms with Crippen LogP contribution in [-0.2, 0) is 4.74 Å². The normalized spacial score (nSPS) is 26.8. The second-order valence-corrected chi connectivity index (χ2v) is 5.31. The highest BCUT2D eigenvalue weighted by atomic mass is 79.9. The van der Waals surface area contributed by atoms with Crippen LogP contribution in [0.25, 0.3) is 11.2 Å². The summed E-state index contributed by atoms with van der Waals surface area (Å²) in [5, 5.41) is 29.0. The van der Waals surface area contributed by atoms with Gasteiger partial charge in [-0.2, -0.15) is 4.98 Å². The van der Waals surface area contributed by atoms with Crippen molar-refractivity contribution in [1.82, 2.24) is 19.5 Å². The summed E-state index contributed by atoms with van der Waals surface area (Å²) in [4.78, 5) is 22.0. The fourth-order valence-electron chi connectivity index (χ4n) is 2.29. The molecule has 0 aliphatic carbocycles. The first kappa shape index (κ1) is 19.4. The maximum absolute atomic E-state index is 11.8. The number of nitrogen functional groups attached to an aromatic ring is 1. The van der Waals surface area contributed by atoms with Gasteiger partial charge >= 0.3 is 0 Å². The zero-order valence-electron chi connectivity index (χ0n) is 11.5. The number of aromatic amines is 1. The number of aliphatic hydroxyl groups excluding tert-OH is 3. The zero-order chi connectivity index (χ0) is 15.3. The molecule has 12 nitrogen and oxygen atoms in total. The summed E-state index contributed by atoms with van der Waals surface area (Å²) >= 11 is 3.15. The van der Waals surface area contributed by atoms with Gasteiger partial charge in [0, 0.05) is 0 Å². The van der Waals surface area contributed by atoms with E-state index in [4.69, 9.17) is 15.6 Å². The second-order valence-electron chi connectivity index (χ2n) is 4.60. The molecule has 2 aromatic heterocycles. The van der Waals surface area contributed by atoms with Crippen LogP contribution in [0.5, 0.6) is 0 Å². The van der Waals surface area contributed by atoms with E-state index in [1.54, 1.807) is 0 Å². The van der Waals surface area contributed by atoms with Crippen LogP contribution in [0.15, 0.2) is 9.53 Å². The van der Waals surface area contributed by atoms with E-state index in [1.165, 1.54) is 4.57 Å². The van der Waals surface area contributed by atoms with Crippen LogP contribution >= 0.6 is 15.9 Å². The number of anilines is 1. The van der Waals surface area contributed by atoms with Crippen molar-refractivity contribution in [2.24, 2.45) is 0 Å². The van der Waals surface area contributed by atoms with E-state index < -0.39 is 36.7 Å². The number of aromatic nitrogens is 4. The fourth-order valence-corrected chi connectivity index (χ4v) is 2.84. The largest absolute Gasteiger partial charge is 0.412 e. The molecule has 1 aliphatic heterocycles. The lowest BCUT2D eigenvalue weighted by Gasteiger charge is -2.17. The Labute approximate surface area is 136 Å². The number of hydrogen-bond donors (Lipinski definition) is 5. The first-order valence-electron chi connectivity index (χ1n) is 5.99. The van der Waals surface area contributed by atoms with Crippen LogP contribution < -0.4 is 11.3 Å². The number of H-pyrrole nitrogens is 1. The average Bonchev–Trinajstić information content (AvgIpc) is 2.89. The van der Waals surface area contributed by atoms with Gasteiger partial charge in [0.25, 0.3) is 5.56 Å². The molecule has 13 heteroatoms. The number of imidazole rings is 1. The molecule has 0 aromatic carbocycles. The van der Waals surface area contributed by atoms with Gasteiger partial charge in [0.2, 0.25) is 5.95 Å². The Kier molecular flexibility index (Phi) is 5.81. The molecule has 10 N–H and O–H groups in total. The van der Waals surface area contributed by atoms with Crippen LogP contribution in [0.1, 0.15) is 6.23 Å². The molecule has 130 valence electrons. The Morgan fingerprint density at radius 2 is 1.96 bits per heavy atom. The van der Waals surface area contributed by atoms with E-state index in [0.717, 1.165) is 0 Å². The number of nitrogens with two attached hydrogens (primary N) is 1. The van der Waals surface area contributed by atoms with Crippen LogP contribution in [0.3, 0.4) is 0 Å². The van der Waals surface area contributed by atoms with Crippen molar-refractivity contribution < 1.29 is 31.0 Å². The van der Waals surface area contributed by atoms with E-state index in [9.17, 15) is 15.0 Å². The van der Waals surface area contributed by atoms with Crippen LogP contribution in [-0.4, -0.2) is 70.7 Å². The maximum atomic E-state index is 11.8. The fraction of sp³-hybridized carbons (Fsp3) is 0.500. The Balaban J connectivity index is 0.00000132. The highest BCUT2D eigenvalue weighted by Crippen LogP contribution is 2.33. The van der Waals surface area contributed by atoms with E-state index in [2.05, 4.69) is 30.9 Å². The minimum absolute atomic E-state index is 0. The number of hydrogen-bond acceptors (Lipinski definition) is 8. The summed E-state index contributed by atoms with van der Waals surface area (Å²) in [5.41, 5.74) is 5.07. The molecule has 0 saturated carbocycles. The monoisotopic (exact) mass is 397 g/mol. The first-order chi connectivity index (χ1) is 9.93. The number of nitrogens with zero attached hydrogens (tertiary/aromatic N) is 3. The third-order valence-corrected chi connectivity index (χ3v) is 3.86. The lowest BCUT2D eigenvalue weighted by molar-refractivity contribution is -0.0521. The van der Waals surface area contributed by atoms with Gasteiger partial charge < -0.3 is 36.7 Å². The number of rotatable bonds is 2. The Hall–Kier alpha value is -1.61. The molecule has 3 heterocycles. The van der Waals surface area contributed by atoms with Crippen molar-refractivity contribution >= 4 is 33.0 Å². The van der Waals surface area contributed by atoms with Crippen LogP contribution in [0, 0.1) is 0 Å². The Bertz CT molecular complexity index is 749. The molecule has 2 aromatic rings. The predicted molar refractivity (Wildman–Crippen MR) is 80.5 cm³/mol. The third kappa shape index (κ3) is 2.94. The third-order valence-electron chi connectivity index (χ3n) is 3.30. The van der Waals surface area contributed by atoms with Crippen molar-refractivity contribution in [2.75, 3.05) is 12.3 Å². The number of aliphatic hydroxyl groups is 3. The molecule has 3 rings (SSSR count). The number of fused-ring (bicyclic) bond motifs is 1. The lowest BCUT2D eigenvalue weighted by Crippen LogP contribution is -2.33. The second kappa shape index (κ2) is 6.88. The van der Waals surface area contributed by atoms with E-state index in [1.807, 2.05) is 0 Å². The highest BCUT2D eigenvalue weighted by molar-refractivity contribution is 9.10. The van der Waals surface area contributed by atoms with Gasteiger partial charge in [0.05, 0.1) is 6.61 Å². The van der Waals surface area contributed by atoms with Gasteiger partial charge in [0.15, 0.2) is 22.1 Å². The molecule has 1 saturated heterocycles. The summed E-state index contributed by atoms with van der Waals surface area (Å²) in [6.07, 6.45) is -4.61. The van der Waals surface area contributed by atoms with E-state index >= 15 is 0 Å². The summed E-state index contributed by atoms with van der Waals surface area (Å²) in [6, 6.07) is 0. The van der Waals surface area contributed by atoms with Gasteiger partial charge in [0.1, 0.15) is 18.3 Å². The zero-order valence-corrected chi connectivity index (χ0v) is 13.1. The molecular weight excluding hydrogens is 382 g/mol. The Morgan fingerprint density at radius 1 is 1.30 bits per heavy atom. The standard InChI is InChI=1S/C10H12BrN5O5.2H2O/c11-9-13-3-6(14-10(12)15-7(3)20)16(9)8-5(19)4(18)2(1-17)21-8;;/h2,4-5,8,17-19H,1H2,(H3,12,14,15,20);2*1H2/t2-,4?,5?,8-;;/m1../s1. The number of nitrogens with one attached hydrogen (secondary N) is 1. The van der Waals surface area contributed by atoms with Gasteiger partial charge in [-0.15, -0.1) is 0 Å². The SMILES string of the molecule is Nc1nc2c(nc(Br)n2[C@@H]2O[C@H](CO)C(O)C2O)c(=O)[nH]1.O.O. The number of halogens is 1. The molecule has 0 bridgehead atoms. The maximum Gasteiger partial charge on any atom is 0.280 e. The smallest absolute Gasteiger partial charge is 0.280 e. The van der Waals surface area contributed by atoms with Crippen LogP contribution in [0.4, 0.5) is 5.95 Å². The van der Waals surface area contributed by atoms with Crippen molar-refractivity contribution in [1.29, 1.82) is 0 Å². The average molecular weight is 398 g/mol. The van der Waals surface area contributed by atoms with Gasteiger partial charge in [-0.1, -0.05) is 0 Å². The van der Waals surface area contributed by atoms with Crippen LogP contribution in [0.2, 0.25) is 0 Å². The molecule has 1 fully saturated rings. The molecule has 23 heavy (non-hydrogen) atoms. The van der Waals surface area contributed by atoms with Crippen molar-refractivity contribution in [3.63, 3.8) is 0 Å². The molecule has 0 radical (unpaired) electrons. The summed E-state index contributed by atoms with van der Waals surface area (Å²) in [5.74, 6) is -0.118. The lowest BCUT2D eigenvalue weighted by atomic mass is 10.1. The van der Waals surface area contributed by atoms with E-state index in [0.29, 0.717) is 0 Å². The van der Waals surface area contributed by atoms with Crippen molar-refractivity contribution in [3.05, 3.63) is 15.1 Å². The summed E-state index contributed by atoms with van der Waals surface area (Å²) in [6.45, 7) is -0.463. The first-order valence-corrected chi connectivity index (χ1v) is 6.79. The van der Waals surface area contributed by atoms with E-state index in [-0.39, 0.29) is 32.8 Å². The summed E-state index contributed by atoms with van der Waals surface area (Å²) < 4.78 is 6.87. The van der Waals surface area contributed by atoms with Gasteiger partial charge in [-0.3, -0.25) is 14.3 Å². The topological polar surface area (TPSA) is 223 Å². The molecule has 0 spiro atoms. The Morgan fingerprint density at radius 3 is 2.52 bits per heavy atom. The highest BCUT2D eigenvalue weighted by Gasteiger charge is 2.44. The predicted octanol–water partition coefficient (Wildman–Crippen LogP) is -3.57. The minimum atomic E-state index is -1.32. The molecule has 0 amide bonds. The molecule has 4 atom stereocenters. The molecule has 1 aliphatic rings. The number of ether oxygens (including phenoxy) is 1. The van der Waals surface area contributed by atoms with Crippen molar-refractivity contribution in [3.8, 4) is 0 Å². The van der Waals surface area contributed by atoms with Crippen molar-refractivity contribution in [2.45, 2.75) is 24.5 Å². The van der Waals surface area contributed by atoms with Gasteiger partial charge in [-0.25, -0.2) is 4.98 Å². The summed E-state index contributed by atoms with van der Waals surface area (Å²) in [7, 11) is 0.